The fraction of sp³-hybridized carbons (Fsp3) is 0.462. The maximum atomic E-state index is 11.8. The molecule has 1 unspecified atom stereocenters. The topological polar surface area (TPSA) is 35.5 Å². The van der Waals surface area contributed by atoms with Crippen molar-refractivity contribution in [3.8, 4) is 5.75 Å². The van der Waals surface area contributed by atoms with Crippen LogP contribution in [0.5, 0.6) is 5.75 Å². The SMILES string of the molecule is CCCCOC(=O)C(Oc1cc(Cl)cc(Cl)c1)SC. The molecular formula is C13H16Cl2O3S. The smallest absolute Gasteiger partial charge is 0.358 e. The molecule has 0 aliphatic carbocycles. The number of halogens is 2. The Morgan fingerprint density at radius 2 is 1.95 bits per heavy atom. The summed E-state index contributed by atoms with van der Waals surface area (Å²) in [7, 11) is 0. The molecule has 1 atom stereocenters. The summed E-state index contributed by atoms with van der Waals surface area (Å²) in [6, 6.07) is 4.82. The van der Waals surface area contributed by atoms with E-state index in [-0.39, 0.29) is 0 Å². The highest BCUT2D eigenvalue weighted by atomic mass is 35.5. The van der Waals surface area contributed by atoms with Crippen LogP contribution < -0.4 is 4.74 Å². The maximum absolute atomic E-state index is 11.8. The number of esters is 1. The number of unbranched alkanes of at least 4 members (excludes halogenated alkanes) is 1. The lowest BCUT2D eigenvalue weighted by Crippen LogP contribution is -2.26. The summed E-state index contributed by atoms with van der Waals surface area (Å²) in [4.78, 5) is 11.8. The van der Waals surface area contributed by atoms with Crippen molar-refractivity contribution in [1.29, 1.82) is 0 Å². The van der Waals surface area contributed by atoms with Gasteiger partial charge < -0.3 is 9.47 Å². The monoisotopic (exact) mass is 322 g/mol. The molecule has 3 nitrogen and oxygen atoms in total. The Morgan fingerprint density at radius 3 is 2.47 bits per heavy atom. The molecule has 0 radical (unpaired) electrons. The molecule has 0 N–H and O–H groups in total. The highest BCUT2D eigenvalue weighted by Gasteiger charge is 2.21. The van der Waals surface area contributed by atoms with Crippen LogP contribution in [0.2, 0.25) is 10.0 Å². The molecule has 0 aliphatic heterocycles. The van der Waals surface area contributed by atoms with Gasteiger partial charge in [0, 0.05) is 10.0 Å². The Bertz CT molecular complexity index is 406. The standard InChI is InChI=1S/C13H16Cl2O3S/c1-3-4-5-17-12(16)13(19-2)18-11-7-9(14)6-10(15)8-11/h6-8,13H,3-5H2,1-2H3. The van der Waals surface area contributed by atoms with Crippen molar-refractivity contribution in [2.75, 3.05) is 12.9 Å². The molecule has 0 saturated heterocycles. The molecule has 0 bridgehead atoms. The largest absolute Gasteiger partial charge is 0.468 e. The summed E-state index contributed by atoms with van der Waals surface area (Å²) < 4.78 is 10.7. The molecule has 0 aliphatic rings. The predicted molar refractivity (Wildman–Crippen MR) is 80.3 cm³/mol. The fourth-order valence-corrected chi connectivity index (χ4v) is 2.27. The van der Waals surface area contributed by atoms with Crippen LogP contribution in [-0.2, 0) is 9.53 Å². The van der Waals surface area contributed by atoms with Gasteiger partial charge in [0.05, 0.1) is 6.61 Å². The van der Waals surface area contributed by atoms with Crippen LogP contribution in [0.25, 0.3) is 0 Å². The zero-order valence-corrected chi connectivity index (χ0v) is 13.1. The van der Waals surface area contributed by atoms with E-state index >= 15 is 0 Å². The first-order valence-electron chi connectivity index (χ1n) is 5.89. The van der Waals surface area contributed by atoms with Gasteiger partial charge in [0.1, 0.15) is 5.75 Å². The molecular weight excluding hydrogens is 307 g/mol. The van der Waals surface area contributed by atoms with E-state index in [2.05, 4.69) is 0 Å². The second kappa shape index (κ2) is 8.56. The lowest BCUT2D eigenvalue weighted by Gasteiger charge is -2.16. The van der Waals surface area contributed by atoms with Gasteiger partial charge in [-0.1, -0.05) is 36.5 Å². The van der Waals surface area contributed by atoms with E-state index in [0.29, 0.717) is 22.4 Å². The third-order valence-electron chi connectivity index (χ3n) is 2.23. The first-order chi connectivity index (χ1) is 9.06. The van der Waals surface area contributed by atoms with Crippen LogP contribution in [-0.4, -0.2) is 24.3 Å². The van der Waals surface area contributed by atoms with Gasteiger partial charge in [-0.25, -0.2) is 4.79 Å². The Hall–Kier alpha value is -0.580. The van der Waals surface area contributed by atoms with Crippen molar-refractivity contribution in [3.63, 3.8) is 0 Å². The highest BCUT2D eigenvalue weighted by Crippen LogP contribution is 2.26. The van der Waals surface area contributed by atoms with Crippen molar-refractivity contribution >= 4 is 40.9 Å². The van der Waals surface area contributed by atoms with E-state index in [1.807, 2.05) is 6.92 Å². The van der Waals surface area contributed by atoms with E-state index in [1.165, 1.54) is 11.8 Å². The molecule has 0 amide bonds. The zero-order chi connectivity index (χ0) is 14.3. The average molecular weight is 323 g/mol. The molecule has 0 aromatic heterocycles. The molecule has 0 spiro atoms. The Labute approximate surface area is 127 Å². The maximum Gasteiger partial charge on any atom is 0.358 e. The first kappa shape index (κ1) is 16.5. The Kier molecular flexibility index (Phi) is 7.42. The predicted octanol–water partition coefficient (Wildman–Crippen LogP) is 4.40. The number of carbonyl (C=O) groups excluding carboxylic acids is 1. The van der Waals surface area contributed by atoms with Gasteiger partial charge in [0.15, 0.2) is 0 Å². The van der Waals surface area contributed by atoms with E-state index < -0.39 is 11.4 Å². The van der Waals surface area contributed by atoms with Gasteiger partial charge in [-0.05, 0) is 30.9 Å². The number of ether oxygens (including phenoxy) is 2. The van der Waals surface area contributed by atoms with Crippen molar-refractivity contribution < 1.29 is 14.3 Å². The number of carbonyl (C=O) groups is 1. The molecule has 106 valence electrons. The van der Waals surface area contributed by atoms with Gasteiger partial charge in [-0.2, -0.15) is 0 Å². The van der Waals surface area contributed by atoms with Gasteiger partial charge in [-0.3, -0.25) is 0 Å². The van der Waals surface area contributed by atoms with E-state index in [1.54, 1.807) is 24.5 Å². The molecule has 1 rings (SSSR count). The quantitative estimate of drug-likeness (QED) is 0.423. The number of hydrogen-bond donors (Lipinski definition) is 0. The lowest BCUT2D eigenvalue weighted by molar-refractivity contribution is -0.147. The van der Waals surface area contributed by atoms with E-state index in [4.69, 9.17) is 32.7 Å². The number of rotatable bonds is 7. The van der Waals surface area contributed by atoms with Crippen LogP contribution in [0.15, 0.2) is 18.2 Å². The number of hydrogen-bond acceptors (Lipinski definition) is 4. The fourth-order valence-electron chi connectivity index (χ4n) is 1.30. The molecule has 6 heteroatoms. The van der Waals surface area contributed by atoms with Gasteiger partial charge in [0.25, 0.3) is 0 Å². The first-order valence-corrected chi connectivity index (χ1v) is 7.93. The average Bonchev–Trinajstić information content (AvgIpc) is 2.35. The van der Waals surface area contributed by atoms with Gasteiger partial charge >= 0.3 is 5.97 Å². The minimum Gasteiger partial charge on any atom is -0.468 e. The Morgan fingerprint density at radius 1 is 1.32 bits per heavy atom. The van der Waals surface area contributed by atoms with Crippen LogP contribution in [0.3, 0.4) is 0 Å². The minimum absolute atomic E-state index is 0.392. The van der Waals surface area contributed by atoms with Crippen molar-refractivity contribution in [2.45, 2.75) is 25.2 Å². The summed E-state index contributed by atoms with van der Waals surface area (Å²) in [5.74, 6) is 0.0568. The third-order valence-corrected chi connectivity index (χ3v) is 3.38. The summed E-state index contributed by atoms with van der Waals surface area (Å²) in [6.07, 6.45) is 3.59. The van der Waals surface area contributed by atoms with Crippen molar-refractivity contribution in [1.82, 2.24) is 0 Å². The van der Waals surface area contributed by atoms with Crippen LogP contribution in [0, 0.1) is 0 Å². The molecule has 1 aromatic rings. The summed E-state index contributed by atoms with van der Waals surface area (Å²) in [5.41, 5.74) is -0.716. The molecule has 0 heterocycles. The molecule has 0 saturated carbocycles. The molecule has 1 aromatic carbocycles. The summed E-state index contributed by atoms with van der Waals surface area (Å²) >= 11 is 13.0. The van der Waals surface area contributed by atoms with E-state index in [0.717, 1.165) is 12.8 Å². The van der Waals surface area contributed by atoms with Gasteiger partial charge in [-0.15, -0.1) is 11.8 Å². The number of thioether (sulfide) groups is 1. The van der Waals surface area contributed by atoms with E-state index in [9.17, 15) is 4.79 Å². The van der Waals surface area contributed by atoms with Crippen molar-refractivity contribution in [3.05, 3.63) is 28.2 Å². The second-order valence-corrected chi connectivity index (χ2v) is 5.58. The van der Waals surface area contributed by atoms with Crippen LogP contribution >= 0.6 is 35.0 Å². The number of benzene rings is 1. The summed E-state index contributed by atoms with van der Waals surface area (Å²) in [6.45, 7) is 2.44. The highest BCUT2D eigenvalue weighted by molar-refractivity contribution is 7.99. The second-order valence-electron chi connectivity index (χ2n) is 3.81. The normalized spacial score (nSPS) is 12.0. The minimum atomic E-state index is -0.716. The zero-order valence-electron chi connectivity index (χ0n) is 10.8. The van der Waals surface area contributed by atoms with Crippen LogP contribution in [0.1, 0.15) is 19.8 Å². The lowest BCUT2D eigenvalue weighted by atomic mass is 10.3. The Balaban J connectivity index is 2.62. The molecule has 0 fully saturated rings. The van der Waals surface area contributed by atoms with Crippen LogP contribution in [0.4, 0.5) is 0 Å². The summed E-state index contributed by atoms with van der Waals surface area (Å²) in [5, 5.41) is 0.920. The van der Waals surface area contributed by atoms with Crippen molar-refractivity contribution in [2.24, 2.45) is 0 Å². The third kappa shape index (κ3) is 5.93. The van der Waals surface area contributed by atoms with Gasteiger partial charge in [0.2, 0.25) is 5.44 Å². The molecule has 19 heavy (non-hydrogen) atoms.